The molecular formula is C40H30N4. The van der Waals surface area contributed by atoms with Gasteiger partial charge < -0.3 is 0 Å². The number of benzene rings is 5. The molecule has 0 amide bonds. The normalized spacial score (nSPS) is 14.5. The molecule has 0 unspecified atom stereocenters. The van der Waals surface area contributed by atoms with Crippen molar-refractivity contribution >= 4 is 0 Å². The Labute approximate surface area is 257 Å². The van der Waals surface area contributed by atoms with Crippen molar-refractivity contribution in [2.24, 2.45) is 0 Å². The highest BCUT2D eigenvalue weighted by atomic mass is 15.0. The van der Waals surface area contributed by atoms with Gasteiger partial charge in [0.1, 0.15) is 0 Å². The number of hydrogen-bond acceptors (Lipinski definition) is 4. The zero-order valence-electron chi connectivity index (χ0n) is 24.4. The number of nitrogens with zero attached hydrogens (tertiary/aromatic N) is 4. The van der Waals surface area contributed by atoms with Gasteiger partial charge in [0.05, 0.1) is 11.6 Å². The molecule has 1 heterocycles. The molecule has 4 heteroatoms. The van der Waals surface area contributed by atoms with Gasteiger partial charge in [-0.15, -0.1) is 0 Å². The van der Waals surface area contributed by atoms with Crippen LogP contribution in [-0.4, -0.2) is 15.0 Å². The highest BCUT2D eigenvalue weighted by Crippen LogP contribution is 2.56. The molecule has 1 saturated carbocycles. The summed E-state index contributed by atoms with van der Waals surface area (Å²) >= 11 is 0. The van der Waals surface area contributed by atoms with Gasteiger partial charge in [0.25, 0.3) is 0 Å². The maximum absolute atomic E-state index is 9.71. The van der Waals surface area contributed by atoms with Gasteiger partial charge in [-0.1, -0.05) is 122 Å². The van der Waals surface area contributed by atoms with Gasteiger partial charge in [0.2, 0.25) is 0 Å². The summed E-state index contributed by atoms with van der Waals surface area (Å²) in [5.74, 6) is 1.96. The van der Waals surface area contributed by atoms with Crippen molar-refractivity contribution in [2.75, 3.05) is 0 Å². The van der Waals surface area contributed by atoms with E-state index in [0.717, 1.165) is 40.7 Å². The summed E-state index contributed by atoms with van der Waals surface area (Å²) in [6.45, 7) is 0. The van der Waals surface area contributed by atoms with E-state index in [1.165, 1.54) is 47.1 Å². The standard InChI is InChI=1S/C40H30N4/c41-26-27-14-20-33-34-25-32(19-21-35(34)40(36(33)24-27)22-8-3-9-23-40)39-43-37(30-12-6-2-7-13-30)42-38(44-39)31-17-15-29(16-18-31)28-10-4-1-5-11-28/h1-2,4-7,10-21,24-25H,3,8-9,22-23H2. The Bertz CT molecular complexity index is 2030. The lowest BCUT2D eigenvalue weighted by Crippen LogP contribution is -2.28. The van der Waals surface area contributed by atoms with Crippen LogP contribution in [0, 0.1) is 11.3 Å². The van der Waals surface area contributed by atoms with Gasteiger partial charge in [-0.2, -0.15) is 5.26 Å². The minimum atomic E-state index is -0.0196. The monoisotopic (exact) mass is 566 g/mol. The molecule has 6 aromatic rings. The predicted molar refractivity (Wildman–Crippen MR) is 176 cm³/mol. The molecule has 0 radical (unpaired) electrons. The first-order valence-electron chi connectivity index (χ1n) is 15.4. The Kier molecular flexibility index (Phi) is 6.38. The summed E-state index contributed by atoms with van der Waals surface area (Å²) in [6, 6.07) is 44.3. The number of hydrogen-bond donors (Lipinski definition) is 0. The van der Waals surface area contributed by atoms with Gasteiger partial charge in [0.15, 0.2) is 17.5 Å². The second-order valence-corrected chi connectivity index (χ2v) is 11.9. The first-order valence-corrected chi connectivity index (χ1v) is 15.4. The second kappa shape index (κ2) is 10.7. The van der Waals surface area contributed by atoms with Crippen LogP contribution in [0.3, 0.4) is 0 Å². The Hall–Kier alpha value is -5.40. The van der Waals surface area contributed by atoms with Gasteiger partial charge in [-0.25, -0.2) is 15.0 Å². The van der Waals surface area contributed by atoms with Crippen molar-refractivity contribution in [3.05, 3.63) is 138 Å². The van der Waals surface area contributed by atoms with E-state index in [1.807, 2.05) is 42.5 Å². The van der Waals surface area contributed by atoms with Crippen LogP contribution in [0.15, 0.2) is 121 Å². The van der Waals surface area contributed by atoms with Crippen LogP contribution in [-0.2, 0) is 5.41 Å². The fourth-order valence-corrected chi connectivity index (χ4v) is 7.20. The van der Waals surface area contributed by atoms with Crippen LogP contribution in [0.5, 0.6) is 0 Å². The molecule has 44 heavy (non-hydrogen) atoms. The van der Waals surface area contributed by atoms with Crippen molar-refractivity contribution in [1.29, 1.82) is 5.26 Å². The Morgan fingerprint density at radius 3 is 1.68 bits per heavy atom. The summed E-state index contributed by atoms with van der Waals surface area (Å²) in [6.07, 6.45) is 5.92. The minimum Gasteiger partial charge on any atom is -0.208 e. The smallest absolute Gasteiger partial charge is 0.164 e. The second-order valence-electron chi connectivity index (χ2n) is 11.9. The number of aromatic nitrogens is 3. The van der Waals surface area contributed by atoms with Crippen molar-refractivity contribution in [2.45, 2.75) is 37.5 Å². The summed E-state index contributed by atoms with van der Waals surface area (Å²) in [7, 11) is 0. The van der Waals surface area contributed by atoms with Gasteiger partial charge in [-0.3, -0.25) is 0 Å². The molecule has 1 spiro atoms. The fraction of sp³-hybridized carbons (Fsp3) is 0.150. The quantitative estimate of drug-likeness (QED) is 0.213. The van der Waals surface area contributed by atoms with Gasteiger partial charge >= 0.3 is 0 Å². The summed E-state index contributed by atoms with van der Waals surface area (Å²) in [4.78, 5) is 15.0. The third-order valence-electron chi connectivity index (χ3n) is 9.37. The number of rotatable bonds is 4. The van der Waals surface area contributed by atoms with E-state index in [0.29, 0.717) is 17.5 Å². The maximum atomic E-state index is 9.71. The third-order valence-corrected chi connectivity index (χ3v) is 9.37. The molecule has 0 N–H and O–H groups in total. The van der Waals surface area contributed by atoms with Gasteiger partial charge in [-0.05, 0) is 64.4 Å². The van der Waals surface area contributed by atoms with E-state index in [9.17, 15) is 5.26 Å². The van der Waals surface area contributed by atoms with E-state index < -0.39 is 0 Å². The van der Waals surface area contributed by atoms with E-state index in [1.54, 1.807) is 0 Å². The highest BCUT2D eigenvalue weighted by Gasteiger charge is 2.44. The summed E-state index contributed by atoms with van der Waals surface area (Å²) in [5.41, 5.74) is 11.1. The maximum Gasteiger partial charge on any atom is 0.164 e. The lowest BCUT2D eigenvalue weighted by atomic mass is 9.67. The fourth-order valence-electron chi connectivity index (χ4n) is 7.20. The first-order chi connectivity index (χ1) is 21.7. The molecule has 8 rings (SSSR count). The molecule has 1 fully saturated rings. The molecule has 0 bridgehead atoms. The molecule has 0 aliphatic heterocycles. The van der Waals surface area contributed by atoms with Crippen LogP contribution in [0.2, 0.25) is 0 Å². The predicted octanol–water partition coefficient (Wildman–Crippen LogP) is 9.64. The number of nitriles is 1. The molecule has 0 saturated heterocycles. The highest BCUT2D eigenvalue weighted by molar-refractivity contribution is 5.85. The molecule has 210 valence electrons. The topological polar surface area (TPSA) is 62.5 Å². The van der Waals surface area contributed by atoms with Crippen LogP contribution in [0.25, 0.3) is 56.4 Å². The van der Waals surface area contributed by atoms with Crippen molar-refractivity contribution in [3.63, 3.8) is 0 Å². The zero-order chi connectivity index (χ0) is 29.5. The van der Waals surface area contributed by atoms with Crippen molar-refractivity contribution in [1.82, 2.24) is 15.0 Å². The molecule has 2 aliphatic rings. The van der Waals surface area contributed by atoms with E-state index >= 15 is 0 Å². The largest absolute Gasteiger partial charge is 0.208 e. The van der Waals surface area contributed by atoms with Gasteiger partial charge in [0, 0.05) is 22.1 Å². The van der Waals surface area contributed by atoms with E-state index in [2.05, 4.69) is 84.9 Å². The zero-order valence-corrected chi connectivity index (χ0v) is 24.4. The first kappa shape index (κ1) is 26.2. The van der Waals surface area contributed by atoms with Crippen molar-refractivity contribution in [3.8, 4) is 62.5 Å². The van der Waals surface area contributed by atoms with Crippen LogP contribution in [0.1, 0.15) is 48.8 Å². The lowest BCUT2D eigenvalue weighted by Gasteiger charge is -2.36. The minimum absolute atomic E-state index is 0.0196. The molecule has 2 aliphatic carbocycles. The van der Waals surface area contributed by atoms with Crippen molar-refractivity contribution < 1.29 is 0 Å². The Morgan fingerprint density at radius 1 is 0.477 bits per heavy atom. The molecule has 4 nitrogen and oxygen atoms in total. The summed E-state index contributed by atoms with van der Waals surface area (Å²) < 4.78 is 0. The van der Waals surface area contributed by atoms with E-state index in [-0.39, 0.29) is 5.41 Å². The Balaban J connectivity index is 1.26. The average Bonchev–Trinajstić information content (AvgIpc) is 3.36. The lowest BCUT2D eigenvalue weighted by molar-refractivity contribution is 0.353. The third kappa shape index (κ3) is 4.41. The van der Waals surface area contributed by atoms with E-state index in [4.69, 9.17) is 15.0 Å². The summed E-state index contributed by atoms with van der Waals surface area (Å²) in [5, 5.41) is 9.71. The average molecular weight is 567 g/mol. The molecule has 1 aromatic heterocycles. The van der Waals surface area contributed by atoms with Crippen LogP contribution < -0.4 is 0 Å². The molecule has 5 aromatic carbocycles. The molecule has 0 atom stereocenters. The Morgan fingerprint density at radius 2 is 1.02 bits per heavy atom. The number of fused-ring (bicyclic) bond motifs is 5. The molecular weight excluding hydrogens is 536 g/mol. The van der Waals surface area contributed by atoms with Crippen LogP contribution in [0.4, 0.5) is 0 Å². The van der Waals surface area contributed by atoms with Crippen LogP contribution >= 0.6 is 0 Å². The SMILES string of the molecule is N#Cc1ccc2c(c1)C1(CCCCC1)c1ccc(-c3nc(-c4ccccc4)nc(-c4ccc(-c5ccccc5)cc4)n3)cc1-2.